The fraction of sp³-hybridized carbons (Fsp3) is 0.794. The molecule has 0 aliphatic heterocycles. The zero-order chi connectivity index (χ0) is 31.5. The summed E-state index contributed by atoms with van der Waals surface area (Å²) in [6.07, 6.45) is 10.5. The Labute approximate surface area is 258 Å². The van der Waals surface area contributed by atoms with Gasteiger partial charge in [0.05, 0.1) is 17.1 Å². The van der Waals surface area contributed by atoms with E-state index in [2.05, 4.69) is 33.0 Å². The molecule has 0 bridgehead atoms. The molecule has 1 aromatic carbocycles. The highest BCUT2D eigenvalue weighted by molar-refractivity contribution is 7.90. The number of hydrogen-bond donors (Lipinski definition) is 4. The van der Waals surface area contributed by atoms with Gasteiger partial charge in [0, 0.05) is 6.54 Å². The van der Waals surface area contributed by atoms with Crippen molar-refractivity contribution < 1.29 is 27.8 Å². The summed E-state index contributed by atoms with van der Waals surface area (Å²) >= 11 is 0. The van der Waals surface area contributed by atoms with E-state index in [-0.39, 0.29) is 28.4 Å². The molecule has 244 valence electrons. The average molecular weight is 623 g/mol. The first kappa shape index (κ1) is 34.2. The van der Waals surface area contributed by atoms with E-state index in [1.165, 1.54) is 12.1 Å². The van der Waals surface area contributed by atoms with Gasteiger partial charge in [0.25, 0.3) is 10.0 Å². The fourth-order valence-electron chi connectivity index (χ4n) is 9.49. The topological polar surface area (TPSA) is 116 Å². The fourth-order valence-corrected chi connectivity index (χ4v) is 10.4. The summed E-state index contributed by atoms with van der Waals surface area (Å²) in [4.78, 5) is 12.2. The number of aryl methyl sites for hydroxylation is 1. The van der Waals surface area contributed by atoms with Crippen molar-refractivity contribution in [2.75, 3.05) is 6.54 Å². The molecule has 10 atom stereocenters. The highest BCUT2D eigenvalue weighted by atomic mass is 32.2. The smallest absolute Gasteiger partial charge is 0.328 e. The Kier molecular flexibility index (Phi) is 11.2. The minimum Gasteiger partial charge on any atom is -0.393 e. The van der Waals surface area contributed by atoms with E-state index in [0.29, 0.717) is 47.6 Å². The Hall–Kier alpha value is -1.71. The summed E-state index contributed by atoms with van der Waals surface area (Å²) in [6, 6.07) is 2.76. The number of carbonyl (C=O) groups is 1. The second-order valence-corrected chi connectivity index (χ2v) is 16.0. The van der Waals surface area contributed by atoms with Gasteiger partial charge in [0.1, 0.15) is 5.82 Å². The van der Waals surface area contributed by atoms with E-state index in [1.807, 2.05) is 4.72 Å². The predicted octanol–water partition coefficient (Wildman–Crippen LogP) is 6.56. The Bertz CT molecular complexity index is 1210. The molecule has 3 saturated carbocycles. The van der Waals surface area contributed by atoms with E-state index in [9.17, 15) is 27.8 Å². The number of nitrogens with one attached hydrogen (secondary N) is 2. The molecule has 0 radical (unpaired) electrons. The van der Waals surface area contributed by atoms with Crippen LogP contribution in [0.5, 0.6) is 0 Å². The molecule has 3 aliphatic carbocycles. The maximum Gasteiger partial charge on any atom is 0.328 e. The Morgan fingerprint density at radius 1 is 1.19 bits per heavy atom. The highest BCUT2D eigenvalue weighted by Gasteiger charge is 2.59. The zero-order valence-corrected chi connectivity index (χ0v) is 27.6. The van der Waals surface area contributed by atoms with E-state index < -0.39 is 21.9 Å². The highest BCUT2D eigenvalue weighted by Crippen LogP contribution is 2.64. The third kappa shape index (κ3) is 7.41. The number of amides is 2. The van der Waals surface area contributed by atoms with Gasteiger partial charge < -0.3 is 15.5 Å². The van der Waals surface area contributed by atoms with Gasteiger partial charge in [-0.25, -0.2) is 22.3 Å². The molecular formula is C34H55FN2O5S. The lowest BCUT2D eigenvalue weighted by molar-refractivity contribution is -0.129. The molecule has 0 heterocycles. The second kappa shape index (κ2) is 14.2. The van der Waals surface area contributed by atoms with Crippen LogP contribution < -0.4 is 10.0 Å². The number of aliphatic hydroxyl groups excluding tert-OH is 2. The zero-order valence-electron chi connectivity index (χ0n) is 26.8. The number of carbonyl (C=O) groups excluding carboxylic acids is 1. The molecule has 43 heavy (non-hydrogen) atoms. The molecule has 4 rings (SSSR count). The van der Waals surface area contributed by atoms with E-state index >= 15 is 0 Å². The minimum atomic E-state index is -4.17. The van der Waals surface area contributed by atoms with Crippen molar-refractivity contribution in [2.45, 2.75) is 122 Å². The van der Waals surface area contributed by atoms with Crippen LogP contribution in [0, 0.1) is 59.6 Å². The third-order valence-corrected chi connectivity index (χ3v) is 13.1. The summed E-state index contributed by atoms with van der Waals surface area (Å²) < 4.78 is 41.0. The number of unbranched alkanes of at least 4 members (excludes halogenated alkanes) is 1. The van der Waals surface area contributed by atoms with Crippen molar-refractivity contribution >= 4 is 16.1 Å². The number of urea groups is 1. The molecule has 3 aliphatic rings. The first-order valence-corrected chi connectivity index (χ1v) is 18.2. The van der Waals surface area contributed by atoms with Crippen LogP contribution in [0.2, 0.25) is 0 Å². The maximum atomic E-state index is 13.9. The van der Waals surface area contributed by atoms with Crippen LogP contribution in [0.3, 0.4) is 0 Å². The number of benzene rings is 1. The standard InChI is InChI=1S/C34H55FN2O5S/c1-6-8-9-25(38)19-24-18-23-14-16-34(5)28(12-13-29(34)31(23)32(39)27(24)7-2)21(3)15-17-36-33(40)37-43(41,42)26-11-10-22(4)30(35)20-26/h10-11,20-21,23-25,27-29,31-32,38-39H,6-9,12-19H2,1-5H3,(H2,36,37,40)/t21-,23-,24+,25-,27-,28-,29+,31-,32-,34-/m1/s1. The molecule has 1 aromatic rings. The van der Waals surface area contributed by atoms with Crippen molar-refractivity contribution in [1.29, 1.82) is 0 Å². The lowest BCUT2D eigenvalue weighted by Gasteiger charge is -2.56. The summed E-state index contributed by atoms with van der Waals surface area (Å²) in [5, 5.41) is 25.2. The molecule has 0 unspecified atom stereocenters. The van der Waals surface area contributed by atoms with E-state index in [4.69, 9.17) is 0 Å². The molecule has 9 heteroatoms. The third-order valence-electron chi connectivity index (χ3n) is 11.8. The lowest BCUT2D eigenvalue weighted by atomic mass is 9.50. The van der Waals surface area contributed by atoms with Crippen molar-refractivity contribution in [3.05, 3.63) is 29.6 Å². The molecular weight excluding hydrogens is 567 g/mol. The quantitative estimate of drug-likeness (QED) is 0.211. The van der Waals surface area contributed by atoms with Crippen LogP contribution in [0.1, 0.15) is 104 Å². The SMILES string of the molecule is CCCC[C@@H](O)C[C@@H]1C[C@H]2CC[C@]3(C)[C@@H]([C@H](C)CCNC(=O)NS(=O)(=O)c4ccc(C)c(F)c4)CC[C@H]3[C@@H]2[C@H](O)[C@@H]1CC. The van der Waals surface area contributed by atoms with Gasteiger partial charge in [0.15, 0.2) is 0 Å². The van der Waals surface area contributed by atoms with Gasteiger partial charge in [-0.15, -0.1) is 0 Å². The average Bonchev–Trinajstić information content (AvgIpc) is 3.30. The maximum absolute atomic E-state index is 13.9. The monoisotopic (exact) mass is 622 g/mol. The Morgan fingerprint density at radius 3 is 2.60 bits per heavy atom. The largest absolute Gasteiger partial charge is 0.393 e. The molecule has 0 spiro atoms. The van der Waals surface area contributed by atoms with Crippen molar-refractivity contribution in [1.82, 2.24) is 10.0 Å². The molecule has 3 fully saturated rings. The molecule has 7 nitrogen and oxygen atoms in total. The van der Waals surface area contributed by atoms with Crippen molar-refractivity contribution in [3.8, 4) is 0 Å². The minimum absolute atomic E-state index is 0.133. The second-order valence-electron chi connectivity index (χ2n) is 14.3. The van der Waals surface area contributed by atoms with Crippen LogP contribution in [0.15, 0.2) is 23.1 Å². The van der Waals surface area contributed by atoms with Gasteiger partial charge in [-0.05, 0) is 123 Å². The van der Waals surface area contributed by atoms with Gasteiger partial charge in [0.2, 0.25) is 0 Å². The van der Waals surface area contributed by atoms with Gasteiger partial charge in [-0.3, -0.25) is 0 Å². The van der Waals surface area contributed by atoms with Gasteiger partial charge in [-0.1, -0.05) is 53.0 Å². The van der Waals surface area contributed by atoms with Gasteiger partial charge >= 0.3 is 6.03 Å². The Morgan fingerprint density at radius 2 is 1.93 bits per heavy atom. The normalized spacial score (nSPS) is 33.7. The number of halogens is 1. The number of hydrogen-bond acceptors (Lipinski definition) is 5. The summed E-state index contributed by atoms with van der Waals surface area (Å²) in [5.41, 5.74) is 0.466. The number of rotatable bonds is 12. The van der Waals surface area contributed by atoms with E-state index in [0.717, 1.165) is 76.7 Å². The predicted molar refractivity (Wildman–Crippen MR) is 167 cm³/mol. The molecule has 0 aromatic heterocycles. The summed E-state index contributed by atoms with van der Waals surface area (Å²) in [5.74, 6) is 2.11. The Balaban J connectivity index is 1.33. The van der Waals surface area contributed by atoms with Crippen LogP contribution >= 0.6 is 0 Å². The molecule has 0 saturated heterocycles. The first-order valence-electron chi connectivity index (χ1n) is 16.7. The number of aliphatic hydroxyl groups is 2. The van der Waals surface area contributed by atoms with Crippen molar-refractivity contribution in [3.63, 3.8) is 0 Å². The van der Waals surface area contributed by atoms with E-state index in [1.54, 1.807) is 6.92 Å². The van der Waals surface area contributed by atoms with Crippen molar-refractivity contribution in [2.24, 2.45) is 46.8 Å². The summed E-state index contributed by atoms with van der Waals surface area (Å²) in [7, 11) is -4.17. The van der Waals surface area contributed by atoms with Crippen LogP contribution in [-0.4, -0.2) is 43.4 Å². The van der Waals surface area contributed by atoms with Gasteiger partial charge in [-0.2, -0.15) is 0 Å². The van der Waals surface area contributed by atoms with Crippen LogP contribution in [0.25, 0.3) is 0 Å². The molecule has 2 amide bonds. The summed E-state index contributed by atoms with van der Waals surface area (Å²) in [6.45, 7) is 10.9. The van der Waals surface area contributed by atoms with Crippen LogP contribution in [0.4, 0.5) is 9.18 Å². The van der Waals surface area contributed by atoms with Crippen LogP contribution in [-0.2, 0) is 10.0 Å². The first-order chi connectivity index (χ1) is 20.3. The number of sulfonamides is 1. The number of fused-ring (bicyclic) bond motifs is 3. The lowest BCUT2D eigenvalue weighted by Crippen LogP contribution is -2.53. The molecule has 4 N–H and O–H groups in total.